The molecule has 0 spiro atoms. The van der Waals surface area contributed by atoms with Crippen LogP contribution in [-0.4, -0.2) is 11.3 Å². The highest BCUT2D eigenvalue weighted by Gasteiger charge is 2.35. The molecule has 16 heavy (non-hydrogen) atoms. The molecule has 2 nitrogen and oxygen atoms in total. The summed E-state index contributed by atoms with van der Waals surface area (Å²) in [7, 11) is 0. The van der Waals surface area contributed by atoms with E-state index in [0.717, 1.165) is 0 Å². The van der Waals surface area contributed by atoms with Gasteiger partial charge in [0.1, 0.15) is 5.56 Å². The Bertz CT molecular complexity index is 393. The number of aromatic nitrogens is 1. The molecular formula is C7H2ClF6NO. The molecule has 0 fully saturated rings. The van der Waals surface area contributed by atoms with E-state index in [-0.39, 0.29) is 6.20 Å². The third-order valence-electron chi connectivity index (χ3n) is 1.40. The van der Waals surface area contributed by atoms with Crippen molar-refractivity contribution in [2.24, 2.45) is 0 Å². The van der Waals surface area contributed by atoms with Gasteiger partial charge in [0.2, 0.25) is 5.88 Å². The lowest BCUT2D eigenvalue weighted by Crippen LogP contribution is -2.19. The normalized spacial score (nSPS) is 12.0. The summed E-state index contributed by atoms with van der Waals surface area (Å²) >= 11 is 5.08. The molecule has 0 aromatic carbocycles. The maximum absolute atomic E-state index is 12.7. The van der Waals surface area contributed by atoms with Crippen LogP contribution in [0.4, 0.5) is 26.3 Å². The number of hydrogen-bond acceptors (Lipinski definition) is 2. The maximum Gasteiger partial charge on any atom is 0.574 e. The molecule has 1 rings (SSSR count). The first-order valence-electron chi connectivity index (χ1n) is 3.60. The minimum Gasteiger partial charge on any atom is -0.387 e. The van der Waals surface area contributed by atoms with Crippen molar-refractivity contribution in [3.8, 4) is 5.88 Å². The van der Waals surface area contributed by atoms with E-state index in [2.05, 4.69) is 9.72 Å². The topological polar surface area (TPSA) is 22.1 Å². The summed E-state index contributed by atoms with van der Waals surface area (Å²) < 4.78 is 75.8. The van der Waals surface area contributed by atoms with E-state index in [9.17, 15) is 26.3 Å². The number of halogens is 7. The Labute approximate surface area is 89.8 Å². The first-order valence-corrected chi connectivity index (χ1v) is 3.98. The van der Waals surface area contributed by atoms with Crippen LogP contribution in [0.3, 0.4) is 0 Å². The molecule has 0 aliphatic carbocycles. The number of hydrogen-bond donors (Lipinski definition) is 0. The summed E-state index contributed by atoms with van der Waals surface area (Å²) in [6.07, 6.45) is -8.39. The van der Waals surface area contributed by atoms with Gasteiger partial charge in [0.15, 0.2) is 5.82 Å². The van der Waals surface area contributed by atoms with Crippen LogP contribution in [0.15, 0.2) is 6.20 Å². The fraction of sp³-hybridized carbons (Fsp3) is 0.286. The largest absolute Gasteiger partial charge is 0.574 e. The average molecular weight is 266 g/mol. The minimum absolute atomic E-state index is 0.259. The molecule has 0 radical (unpaired) electrons. The molecule has 0 aliphatic heterocycles. The van der Waals surface area contributed by atoms with Crippen molar-refractivity contribution in [2.45, 2.75) is 12.8 Å². The zero-order chi connectivity index (χ0) is 12.5. The van der Waals surface area contributed by atoms with E-state index in [1.807, 2.05) is 0 Å². The lowest BCUT2D eigenvalue weighted by atomic mass is 10.3. The van der Waals surface area contributed by atoms with Gasteiger partial charge >= 0.3 is 6.36 Å². The Balaban J connectivity index is 3.24. The molecule has 0 aliphatic rings. The van der Waals surface area contributed by atoms with E-state index in [4.69, 9.17) is 11.6 Å². The number of ether oxygens (including phenoxy) is 1. The lowest BCUT2D eigenvalue weighted by molar-refractivity contribution is -0.276. The predicted molar refractivity (Wildman–Crippen MR) is 40.8 cm³/mol. The van der Waals surface area contributed by atoms with Gasteiger partial charge in [-0.2, -0.15) is 0 Å². The Morgan fingerprint density at radius 2 is 1.88 bits per heavy atom. The van der Waals surface area contributed by atoms with Crippen LogP contribution in [0.25, 0.3) is 0 Å². The molecule has 0 N–H and O–H groups in total. The van der Waals surface area contributed by atoms with Crippen LogP contribution in [0.2, 0.25) is 5.02 Å². The van der Waals surface area contributed by atoms with Crippen molar-refractivity contribution < 1.29 is 31.1 Å². The number of nitrogens with zero attached hydrogens (tertiary/aromatic N) is 1. The van der Waals surface area contributed by atoms with Gasteiger partial charge in [-0.25, -0.2) is 18.2 Å². The summed E-state index contributed by atoms with van der Waals surface area (Å²) in [4.78, 5) is 2.76. The van der Waals surface area contributed by atoms with Gasteiger partial charge in [-0.1, -0.05) is 11.6 Å². The molecule has 1 heterocycles. The van der Waals surface area contributed by atoms with Gasteiger partial charge < -0.3 is 4.74 Å². The monoisotopic (exact) mass is 265 g/mol. The molecular weight excluding hydrogens is 264 g/mol. The molecule has 0 amide bonds. The second kappa shape index (κ2) is 4.36. The second-order valence-corrected chi connectivity index (χ2v) is 2.87. The van der Waals surface area contributed by atoms with Crippen LogP contribution in [0, 0.1) is 5.82 Å². The van der Waals surface area contributed by atoms with Crippen molar-refractivity contribution in [1.29, 1.82) is 0 Å². The highest BCUT2D eigenvalue weighted by atomic mass is 35.5. The van der Waals surface area contributed by atoms with Crippen LogP contribution in [0.5, 0.6) is 5.88 Å². The van der Waals surface area contributed by atoms with Crippen LogP contribution >= 0.6 is 11.6 Å². The van der Waals surface area contributed by atoms with Gasteiger partial charge in [-0.05, 0) is 0 Å². The fourth-order valence-electron chi connectivity index (χ4n) is 0.844. The van der Waals surface area contributed by atoms with E-state index < -0.39 is 35.1 Å². The second-order valence-electron chi connectivity index (χ2n) is 2.49. The summed E-state index contributed by atoms with van der Waals surface area (Å²) in [6.45, 7) is 0. The molecule has 90 valence electrons. The van der Waals surface area contributed by atoms with Gasteiger partial charge in [0, 0.05) is 0 Å². The Morgan fingerprint density at radius 1 is 1.31 bits per heavy atom. The Kier molecular flexibility index (Phi) is 3.51. The van der Waals surface area contributed by atoms with E-state index in [1.54, 1.807) is 0 Å². The van der Waals surface area contributed by atoms with Gasteiger partial charge in [-0.3, -0.25) is 0 Å². The quantitative estimate of drug-likeness (QED) is 0.761. The van der Waals surface area contributed by atoms with Crippen LogP contribution < -0.4 is 4.74 Å². The van der Waals surface area contributed by atoms with Crippen molar-refractivity contribution >= 4 is 11.6 Å². The lowest BCUT2D eigenvalue weighted by Gasteiger charge is -2.12. The third kappa shape index (κ3) is 2.91. The zero-order valence-electron chi connectivity index (χ0n) is 7.16. The standard InChI is InChI=1S/C7H2ClF6NO/c8-4-2(9)1-15-6(3(4)5(10)11)16-7(12,13)14/h1,5H. The number of rotatable bonds is 2. The van der Waals surface area contributed by atoms with Crippen molar-refractivity contribution in [3.63, 3.8) is 0 Å². The average Bonchev–Trinajstić information content (AvgIpc) is 2.08. The Hall–Kier alpha value is -1.18. The molecule has 9 heteroatoms. The van der Waals surface area contributed by atoms with Gasteiger partial charge in [-0.15, -0.1) is 13.2 Å². The van der Waals surface area contributed by atoms with Gasteiger partial charge in [0.05, 0.1) is 11.2 Å². The zero-order valence-corrected chi connectivity index (χ0v) is 7.91. The molecule has 1 aromatic heterocycles. The molecule has 0 bridgehead atoms. The minimum atomic E-state index is -5.21. The van der Waals surface area contributed by atoms with Crippen molar-refractivity contribution in [3.05, 3.63) is 22.6 Å². The third-order valence-corrected chi connectivity index (χ3v) is 1.79. The highest BCUT2D eigenvalue weighted by Crippen LogP contribution is 2.37. The summed E-state index contributed by atoms with van der Waals surface area (Å²) in [5.41, 5.74) is -1.43. The number of alkyl halides is 5. The highest BCUT2D eigenvalue weighted by molar-refractivity contribution is 6.31. The van der Waals surface area contributed by atoms with Crippen molar-refractivity contribution in [1.82, 2.24) is 4.98 Å². The van der Waals surface area contributed by atoms with E-state index in [0.29, 0.717) is 0 Å². The molecule has 0 saturated heterocycles. The van der Waals surface area contributed by atoms with Crippen molar-refractivity contribution in [2.75, 3.05) is 0 Å². The smallest absolute Gasteiger partial charge is 0.387 e. The molecule has 0 unspecified atom stereocenters. The summed E-state index contributed by atoms with van der Waals surface area (Å²) in [5.74, 6) is -2.82. The van der Waals surface area contributed by atoms with Gasteiger partial charge in [0.25, 0.3) is 6.43 Å². The van der Waals surface area contributed by atoms with E-state index >= 15 is 0 Å². The predicted octanol–water partition coefficient (Wildman–Crippen LogP) is 3.71. The SMILES string of the molecule is Fc1cnc(OC(F)(F)F)c(C(F)F)c1Cl. The summed E-state index contributed by atoms with van der Waals surface area (Å²) in [6, 6.07) is 0. The summed E-state index contributed by atoms with van der Waals surface area (Å²) in [5, 5.41) is -1.15. The molecule has 1 aromatic rings. The fourth-order valence-corrected chi connectivity index (χ4v) is 1.06. The van der Waals surface area contributed by atoms with E-state index in [1.165, 1.54) is 0 Å². The Morgan fingerprint density at radius 3 is 2.31 bits per heavy atom. The number of pyridine rings is 1. The first kappa shape index (κ1) is 12.9. The van der Waals surface area contributed by atoms with Crippen LogP contribution in [-0.2, 0) is 0 Å². The molecule has 0 atom stereocenters. The van der Waals surface area contributed by atoms with Crippen LogP contribution in [0.1, 0.15) is 12.0 Å². The molecule has 0 saturated carbocycles. The maximum atomic E-state index is 12.7. The first-order chi connectivity index (χ1) is 7.22.